The summed E-state index contributed by atoms with van der Waals surface area (Å²) in [4.78, 5) is 0. The summed E-state index contributed by atoms with van der Waals surface area (Å²) in [6, 6.07) is 0. The van der Waals surface area contributed by atoms with Gasteiger partial charge in [0.1, 0.15) is 0 Å². The Morgan fingerprint density at radius 3 is 2.50 bits per heavy atom. The van der Waals surface area contributed by atoms with Gasteiger partial charge in [-0.1, -0.05) is 19.8 Å². The first-order valence-electron chi connectivity index (χ1n) is 5.00. The van der Waals surface area contributed by atoms with Gasteiger partial charge in [0.15, 0.2) is 0 Å². The van der Waals surface area contributed by atoms with E-state index >= 15 is 0 Å². The fourth-order valence-electron chi connectivity index (χ4n) is 1.80. The zero-order chi connectivity index (χ0) is 8.97. The third-order valence-corrected chi connectivity index (χ3v) is 2.89. The van der Waals surface area contributed by atoms with Crippen LogP contribution in [0.15, 0.2) is 0 Å². The van der Waals surface area contributed by atoms with Crippen LogP contribution in [0.4, 0.5) is 0 Å². The molecule has 2 nitrogen and oxygen atoms in total. The summed E-state index contributed by atoms with van der Waals surface area (Å²) < 4.78 is 5.26. The number of aliphatic hydroxyl groups excluding tert-OH is 1. The molecule has 1 rings (SSSR count). The van der Waals surface area contributed by atoms with Crippen molar-refractivity contribution in [3.63, 3.8) is 0 Å². The molecule has 0 saturated heterocycles. The fourth-order valence-corrected chi connectivity index (χ4v) is 1.80. The number of rotatable bonds is 5. The Bertz CT molecular complexity index is 121. The van der Waals surface area contributed by atoms with Crippen LogP contribution >= 0.6 is 0 Å². The molecule has 0 aliphatic heterocycles. The molecule has 2 unspecified atom stereocenters. The van der Waals surface area contributed by atoms with E-state index in [9.17, 15) is 5.11 Å². The van der Waals surface area contributed by atoms with Gasteiger partial charge in [0.2, 0.25) is 0 Å². The lowest BCUT2D eigenvalue weighted by Crippen LogP contribution is -2.38. The van der Waals surface area contributed by atoms with Crippen molar-refractivity contribution in [1.29, 1.82) is 0 Å². The Hall–Kier alpha value is -0.0800. The Kier molecular flexibility index (Phi) is 4.02. The molecule has 0 heterocycles. The van der Waals surface area contributed by atoms with E-state index in [0.717, 1.165) is 12.8 Å². The normalized spacial score (nSPS) is 23.2. The maximum atomic E-state index is 9.83. The summed E-state index contributed by atoms with van der Waals surface area (Å²) in [7, 11) is 1.70. The molecule has 0 aromatic rings. The fraction of sp³-hybridized carbons (Fsp3) is 1.00. The summed E-state index contributed by atoms with van der Waals surface area (Å²) in [5, 5.41) is 9.83. The van der Waals surface area contributed by atoms with Gasteiger partial charge < -0.3 is 9.84 Å². The van der Waals surface area contributed by atoms with Crippen LogP contribution in [-0.2, 0) is 4.74 Å². The molecule has 1 aliphatic rings. The maximum absolute atomic E-state index is 9.83. The van der Waals surface area contributed by atoms with E-state index in [1.165, 1.54) is 19.3 Å². The molecule has 12 heavy (non-hydrogen) atoms. The highest BCUT2D eigenvalue weighted by Gasteiger charge is 2.31. The lowest BCUT2D eigenvalue weighted by molar-refractivity contribution is -0.0629. The van der Waals surface area contributed by atoms with Crippen LogP contribution in [0, 0.1) is 5.92 Å². The molecule has 2 heteroatoms. The molecule has 0 radical (unpaired) electrons. The van der Waals surface area contributed by atoms with Crippen molar-refractivity contribution < 1.29 is 9.84 Å². The van der Waals surface area contributed by atoms with Crippen LogP contribution in [0.2, 0.25) is 0 Å². The van der Waals surface area contributed by atoms with Crippen LogP contribution < -0.4 is 0 Å². The van der Waals surface area contributed by atoms with E-state index in [1.807, 2.05) is 0 Å². The predicted molar refractivity (Wildman–Crippen MR) is 49.1 cm³/mol. The van der Waals surface area contributed by atoms with Crippen LogP contribution in [0.1, 0.15) is 39.0 Å². The number of aliphatic hydroxyl groups is 1. The van der Waals surface area contributed by atoms with Crippen molar-refractivity contribution in [3.8, 4) is 0 Å². The number of methoxy groups -OCH3 is 1. The lowest BCUT2D eigenvalue weighted by Gasteiger charge is -2.34. The Morgan fingerprint density at radius 2 is 2.17 bits per heavy atom. The molecule has 1 N–H and O–H groups in total. The molecule has 0 aromatic heterocycles. The summed E-state index contributed by atoms with van der Waals surface area (Å²) >= 11 is 0. The molecule has 1 fully saturated rings. The van der Waals surface area contributed by atoms with E-state index in [1.54, 1.807) is 7.11 Å². The van der Waals surface area contributed by atoms with Crippen molar-refractivity contribution in [3.05, 3.63) is 0 Å². The molecule has 0 aromatic carbocycles. The van der Waals surface area contributed by atoms with Crippen LogP contribution in [0.5, 0.6) is 0 Å². The Morgan fingerprint density at radius 1 is 1.50 bits per heavy atom. The average molecular weight is 172 g/mol. The minimum absolute atomic E-state index is 0.0697. The van der Waals surface area contributed by atoms with Crippen molar-refractivity contribution in [2.45, 2.75) is 51.2 Å². The van der Waals surface area contributed by atoms with Gasteiger partial charge in [0.25, 0.3) is 0 Å². The second-order valence-electron chi connectivity index (χ2n) is 3.74. The summed E-state index contributed by atoms with van der Waals surface area (Å²) in [6.45, 7) is 2.12. The summed E-state index contributed by atoms with van der Waals surface area (Å²) in [5.74, 6) is 0.515. The highest BCUT2D eigenvalue weighted by Crippen LogP contribution is 2.32. The molecule has 2 atom stereocenters. The molecule has 72 valence electrons. The first kappa shape index (κ1) is 10.0. The van der Waals surface area contributed by atoms with Gasteiger partial charge in [-0.05, 0) is 25.2 Å². The summed E-state index contributed by atoms with van der Waals surface area (Å²) in [6.07, 6.45) is 5.57. The quantitative estimate of drug-likeness (QED) is 0.687. The van der Waals surface area contributed by atoms with Gasteiger partial charge in [-0.15, -0.1) is 0 Å². The number of ether oxygens (including phenoxy) is 1. The second-order valence-corrected chi connectivity index (χ2v) is 3.74. The third-order valence-electron chi connectivity index (χ3n) is 2.89. The SMILES string of the molecule is CCCC(OC)C(O)C1CCC1. The van der Waals surface area contributed by atoms with E-state index in [4.69, 9.17) is 4.74 Å². The maximum Gasteiger partial charge on any atom is 0.0832 e. The monoisotopic (exact) mass is 172 g/mol. The van der Waals surface area contributed by atoms with Crippen molar-refractivity contribution in [2.24, 2.45) is 5.92 Å². The molecular formula is C10H20O2. The number of hydrogen-bond donors (Lipinski definition) is 1. The smallest absolute Gasteiger partial charge is 0.0832 e. The molecule has 1 aliphatic carbocycles. The van der Waals surface area contributed by atoms with Crippen LogP contribution in [-0.4, -0.2) is 24.4 Å². The van der Waals surface area contributed by atoms with Crippen molar-refractivity contribution in [2.75, 3.05) is 7.11 Å². The average Bonchev–Trinajstić information content (AvgIpc) is 1.96. The minimum atomic E-state index is -0.219. The Labute approximate surface area is 74.9 Å². The molecule has 0 bridgehead atoms. The molecular weight excluding hydrogens is 152 g/mol. The minimum Gasteiger partial charge on any atom is -0.390 e. The van der Waals surface area contributed by atoms with Crippen molar-refractivity contribution >= 4 is 0 Å². The predicted octanol–water partition coefficient (Wildman–Crippen LogP) is 1.96. The van der Waals surface area contributed by atoms with Gasteiger partial charge in [-0.25, -0.2) is 0 Å². The van der Waals surface area contributed by atoms with Crippen molar-refractivity contribution in [1.82, 2.24) is 0 Å². The standard InChI is InChI=1S/C10H20O2/c1-3-5-9(12-2)10(11)8-6-4-7-8/h8-11H,3-7H2,1-2H3. The van der Waals surface area contributed by atoms with Gasteiger partial charge in [0.05, 0.1) is 12.2 Å². The zero-order valence-corrected chi connectivity index (χ0v) is 8.12. The number of hydrogen-bond acceptors (Lipinski definition) is 2. The molecule has 0 spiro atoms. The van der Waals surface area contributed by atoms with Crippen LogP contribution in [0.25, 0.3) is 0 Å². The topological polar surface area (TPSA) is 29.5 Å². The largest absolute Gasteiger partial charge is 0.390 e. The first-order chi connectivity index (χ1) is 5.79. The van der Waals surface area contributed by atoms with Gasteiger partial charge in [0, 0.05) is 7.11 Å². The molecule has 1 saturated carbocycles. The van der Waals surface area contributed by atoms with E-state index in [0.29, 0.717) is 5.92 Å². The summed E-state index contributed by atoms with van der Waals surface area (Å²) in [5.41, 5.74) is 0. The van der Waals surface area contributed by atoms with E-state index < -0.39 is 0 Å². The van der Waals surface area contributed by atoms with Gasteiger partial charge >= 0.3 is 0 Å². The third kappa shape index (κ3) is 2.20. The van der Waals surface area contributed by atoms with E-state index in [2.05, 4.69) is 6.92 Å². The Balaban J connectivity index is 2.29. The zero-order valence-electron chi connectivity index (χ0n) is 8.12. The van der Waals surface area contributed by atoms with Crippen LogP contribution in [0.3, 0.4) is 0 Å². The first-order valence-corrected chi connectivity index (χ1v) is 5.00. The second kappa shape index (κ2) is 4.83. The highest BCUT2D eigenvalue weighted by atomic mass is 16.5. The molecule has 0 amide bonds. The lowest BCUT2D eigenvalue weighted by atomic mass is 9.78. The van der Waals surface area contributed by atoms with Gasteiger partial charge in [-0.3, -0.25) is 0 Å². The van der Waals surface area contributed by atoms with E-state index in [-0.39, 0.29) is 12.2 Å². The highest BCUT2D eigenvalue weighted by molar-refractivity contribution is 4.82. The van der Waals surface area contributed by atoms with Gasteiger partial charge in [-0.2, -0.15) is 0 Å².